The summed E-state index contributed by atoms with van der Waals surface area (Å²) in [7, 11) is 0. The molecule has 0 spiro atoms. The van der Waals surface area contributed by atoms with E-state index in [2.05, 4.69) is 16.3 Å². The van der Waals surface area contributed by atoms with E-state index in [-0.39, 0.29) is 0 Å². The fourth-order valence-electron chi connectivity index (χ4n) is 2.30. The summed E-state index contributed by atoms with van der Waals surface area (Å²) < 4.78 is 5.47. The lowest BCUT2D eigenvalue weighted by Crippen LogP contribution is -2.51. The largest absolute Gasteiger partial charge is 0.381 e. The van der Waals surface area contributed by atoms with Gasteiger partial charge in [0.25, 0.3) is 0 Å². The minimum Gasteiger partial charge on any atom is -0.381 e. The highest BCUT2D eigenvalue weighted by Crippen LogP contribution is 2.38. The van der Waals surface area contributed by atoms with Gasteiger partial charge in [0.2, 0.25) is 0 Å². The van der Waals surface area contributed by atoms with Crippen LogP contribution in [0.3, 0.4) is 0 Å². The van der Waals surface area contributed by atoms with Gasteiger partial charge in [0, 0.05) is 13.1 Å². The molecule has 3 nitrogen and oxygen atoms in total. The maximum absolute atomic E-state index is 6.24. The first-order valence-electron chi connectivity index (χ1n) is 5.23. The van der Waals surface area contributed by atoms with Crippen LogP contribution in [0.2, 0.25) is 5.02 Å². The molecule has 1 N–H and O–H groups in total. The number of ether oxygens (including phenoxy) is 1. The van der Waals surface area contributed by atoms with Crippen molar-refractivity contribution in [3.63, 3.8) is 0 Å². The Bertz CT molecular complexity index is 383. The van der Waals surface area contributed by atoms with Crippen molar-refractivity contribution in [2.45, 2.75) is 6.04 Å². The van der Waals surface area contributed by atoms with Crippen LogP contribution in [0, 0.1) is 0 Å². The zero-order valence-corrected chi connectivity index (χ0v) is 9.13. The first-order chi connectivity index (χ1) is 7.36. The number of halogens is 1. The zero-order chi connectivity index (χ0) is 10.3. The molecule has 1 saturated heterocycles. The fraction of sp³-hybridized carbons (Fsp3) is 0.455. The van der Waals surface area contributed by atoms with Crippen LogP contribution in [0.1, 0.15) is 0 Å². The van der Waals surface area contributed by atoms with Gasteiger partial charge in [0.05, 0.1) is 35.7 Å². The molecule has 15 heavy (non-hydrogen) atoms. The second kappa shape index (κ2) is 3.58. The van der Waals surface area contributed by atoms with Crippen LogP contribution < -0.4 is 10.2 Å². The number of rotatable bonds is 0. The predicted octanol–water partition coefficient (Wildman–Crippen LogP) is 1.97. The normalized spacial score (nSPS) is 24.1. The van der Waals surface area contributed by atoms with E-state index in [1.54, 1.807) is 0 Å². The molecule has 0 aliphatic carbocycles. The van der Waals surface area contributed by atoms with Crippen molar-refractivity contribution >= 4 is 23.0 Å². The predicted molar refractivity (Wildman–Crippen MR) is 61.9 cm³/mol. The highest BCUT2D eigenvalue weighted by Gasteiger charge is 2.30. The molecular formula is C11H13ClN2O. The maximum Gasteiger partial charge on any atom is 0.0795 e. The highest BCUT2D eigenvalue weighted by molar-refractivity contribution is 6.34. The number of morpholine rings is 1. The van der Waals surface area contributed by atoms with Gasteiger partial charge in [-0.05, 0) is 12.1 Å². The number of hydrogen-bond acceptors (Lipinski definition) is 3. The minimum absolute atomic E-state index is 0.422. The summed E-state index contributed by atoms with van der Waals surface area (Å²) in [5, 5.41) is 4.22. The van der Waals surface area contributed by atoms with Crippen molar-refractivity contribution in [2.75, 3.05) is 36.5 Å². The second-order valence-electron chi connectivity index (χ2n) is 3.94. The number of nitrogens with zero attached hydrogens (tertiary/aromatic N) is 1. The van der Waals surface area contributed by atoms with E-state index in [1.807, 2.05) is 12.1 Å². The van der Waals surface area contributed by atoms with E-state index in [0.29, 0.717) is 6.04 Å². The van der Waals surface area contributed by atoms with Crippen LogP contribution in [0.25, 0.3) is 0 Å². The summed E-state index contributed by atoms with van der Waals surface area (Å²) in [6.07, 6.45) is 0. The zero-order valence-electron chi connectivity index (χ0n) is 8.37. The summed E-state index contributed by atoms with van der Waals surface area (Å²) in [4.78, 5) is 2.36. The van der Waals surface area contributed by atoms with Crippen molar-refractivity contribution in [1.82, 2.24) is 0 Å². The number of benzene rings is 1. The van der Waals surface area contributed by atoms with Gasteiger partial charge in [0.1, 0.15) is 0 Å². The molecular weight excluding hydrogens is 212 g/mol. The molecule has 2 aliphatic rings. The molecule has 0 amide bonds. The highest BCUT2D eigenvalue weighted by atomic mass is 35.5. The molecule has 0 bridgehead atoms. The van der Waals surface area contributed by atoms with Crippen molar-refractivity contribution in [3.05, 3.63) is 23.2 Å². The van der Waals surface area contributed by atoms with Gasteiger partial charge >= 0.3 is 0 Å². The van der Waals surface area contributed by atoms with Crippen molar-refractivity contribution in [3.8, 4) is 0 Å². The summed E-state index contributed by atoms with van der Waals surface area (Å²) in [6.45, 7) is 3.45. The molecule has 0 radical (unpaired) electrons. The molecule has 2 aliphatic heterocycles. The van der Waals surface area contributed by atoms with Gasteiger partial charge in [-0.2, -0.15) is 0 Å². The molecule has 4 heteroatoms. The fourth-order valence-corrected chi connectivity index (χ4v) is 2.58. The molecule has 1 unspecified atom stereocenters. The van der Waals surface area contributed by atoms with Gasteiger partial charge in [-0.25, -0.2) is 0 Å². The van der Waals surface area contributed by atoms with Crippen LogP contribution in [0.5, 0.6) is 0 Å². The smallest absolute Gasteiger partial charge is 0.0795 e. The van der Waals surface area contributed by atoms with E-state index < -0.39 is 0 Å². The first-order valence-corrected chi connectivity index (χ1v) is 5.61. The molecule has 3 rings (SSSR count). The molecule has 1 atom stereocenters. The molecule has 0 saturated carbocycles. The van der Waals surface area contributed by atoms with Crippen LogP contribution in [-0.2, 0) is 4.74 Å². The van der Waals surface area contributed by atoms with E-state index in [0.717, 1.165) is 42.7 Å². The summed E-state index contributed by atoms with van der Waals surface area (Å²) in [5.41, 5.74) is 2.28. The summed E-state index contributed by atoms with van der Waals surface area (Å²) in [6, 6.07) is 6.42. The van der Waals surface area contributed by atoms with Crippen LogP contribution in [-0.4, -0.2) is 32.3 Å². The van der Waals surface area contributed by atoms with Gasteiger partial charge < -0.3 is 15.0 Å². The number of hydrogen-bond donors (Lipinski definition) is 1. The molecule has 1 fully saturated rings. The summed E-state index contributed by atoms with van der Waals surface area (Å²) in [5.74, 6) is 0. The Morgan fingerprint density at radius 2 is 2.40 bits per heavy atom. The lowest BCUT2D eigenvalue weighted by Gasteiger charge is -2.42. The Balaban J connectivity index is 2.05. The monoisotopic (exact) mass is 224 g/mol. The Labute approximate surface area is 94.0 Å². The third kappa shape index (κ3) is 1.46. The first kappa shape index (κ1) is 9.31. The lowest BCUT2D eigenvalue weighted by molar-refractivity contribution is 0.0964. The van der Waals surface area contributed by atoms with E-state index in [9.17, 15) is 0 Å². The second-order valence-corrected chi connectivity index (χ2v) is 4.35. The molecule has 0 aromatic heterocycles. The summed E-state index contributed by atoms with van der Waals surface area (Å²) >= 11 is 6.24. The van der Waals surface area contributed by atoms with Crippen LogP contribution in [0.15, 0.2) is 18.2 Å². The van der Waals surface area contributed by atoms with E-state index in [4.69, 9.17) is 16.3 Å². The number of anilines is 2. The minimum atomic E-state index is 0.422. The van der Waals surface area contributed by atoms with Crippen molar-refractivity contribution < 1.29 is 4.74 Å². The average Bonchev–Trinajstić information content (AvgIpc) is 2.29. The standard InChI is InChI=1S/C11H13ClN2O/c12-9-2-1-3-10-11(9)14-4-5-15-7-8(14)6-13-10/h1-3,8,13H,4-7H2. The molecule has 80 valence electrons. The van der Waals surface area contributed by atoms with Gasteiger partial charge in [-0.3, -0.25) is 0 Å². The number of fused-ring (bicyclic) bond motifs is 3. The molecule has 1 aromatic carbocycles. The van der Waals surface area contributed by atoms with Crippen molar-refractivity contribution in [2.24, 2.45) is 0 Å². The third-order valence-corrected chi connectivity index (χ3v) is 3.33. The maximum atomic E-state index is 6.24. The molecule has 1 aromatic rings. The Morgan fingerprint density at radius 3 is 3.33 bits per heavy atom. The van der Waals surface area contributed by atoms with Gasteiger partial charge in [-0.1, -0.05) is 17.7 Å². The van der Waals surface area contributed by atoms with Gasteiger partial charge in [0.15, 0.2) is 0 Å². The van der Waals surface area contributed by atoms with E-state index >= 15 is 0 Å². The Hall–Kier alpha value is -0.930. The number of nitrogens with one attached hydrogen (secondary N) is 1. The van der Waals surface area contributed by atoms with Crippen LogP contribution >= 0.6 is 11.6 Å². The number of para-hydroxylation sites is 1. The molecule has 2 heterocycles. The Kier molecular flexibility index (Phi) is 2.22. The SMILES string of the molecule is Clc1cccc2c1N1CCOCC1CN2. The van der Waals surface area contributed by atoms with Gasteiger partial charge in [-0.15, -0.1) is 0 Å². The topological polar surface area (TPSA) is 24.5 Å². The van der Waals surface area contributed by atoms with E-state index in [1.165, 1.54) is 0 Å². The third-order valence-electron chi connectivity index (χ3n) is 3.03. The average molecular weight is 225 g/mol. The lowest BCUT2D eigenvalue weighted by atomic mass is 10.1. The van der Waals surface area contributed by atoms with Crippen LogP contribution in [0.4, 0.5) is 11.4 Å². The Morgan fingerprint density at radius 1 is 1.47 bits per heavy atom. The van der Waals surface area contributed by atoms with Crippen molar-refractivity contribution in [1.29, 1.82) is 0 Å². The quantitative estimate of drug-likeness (QED) is 0.729.